The van der Waals surface area contributed by atoms with Gasteiger partial charge < -0.3 is 4.90 Å². The van der Waals surface area contributed by atoms with Crippen LogP contribution in [0.25, 0.3) is 0 Å². The highest BCUT2D eigenvalue weighted by Crippen LogP contribution is 2.60. The Hall–Kier alpha value is -1.05. The highest BCUT2D eigenvalue weighted by atomic mass is 16.2. The second kappa shape index (κ2) is 5.54. The van der Waals surface area contributed by atoms with E-state index in [1.165, 1.54) is 37.7 Å². The molecular weight excluding hydrogens is 270 g/mol. The molecule has 0 radical (unpaired) electrons. The molecule has 1 saturated heterocycles. The molecule has 122 valence electrons. The Morgan fingerprint density at radius 3 is 2.64 bits per heavy atom. The Morgan fingerprint density at radius 1 is 1.23 bits per heavy atom. The van der Waals surface area contributed by atoms with Gasteiger partial charge in [0.25, 0.3) is 0 Å². The van der Waals surface area contributed by atoms with Crippen LogP contribution in [0.5, 0.6) is 0 Å². The molecule has 3 rings (SSSR count). The molecule has 3 atom stereocenters. The van der Waals surface area contributed by atoms with Crippen LogP contribution < -0.4 is 0 Å². The van der Waals surface area contributed by atoms with E-state index in [1.54, 1.807) is 0 Å². The van der Waals surface area contributed by atoms with Gasteiger partial charge in [0.15, 0.2) is 0 Å². The van der Waals surface area contributed by atoms with Crippen LogP contribution in [0.4, 0.5) is 0 Å². The van der Waals surface area contributed by atoms with Gasteiger partial charge >= 0.3 is 0 Å². The molecule has 2 nitrogen and oxygen atoms in total. The first-order valence-corrected chi connectivity index (χ1v) is 8.95. The molecule has 1 heterocycles. The van der Waals surface area contributed by atoms with Crippen LogP contribution in [0.1, 0.15) is 59.8 Å². The summed E-state index contributed by atoms with van der Waals surface area (Å²) in [5.74, 6) is 1.06. The molecule has 1 amide bonds. The summed E-state index contributed by atoms with van der Waals surface area (Å²) in [7, 11) is 0. The number of amides is 1. The van der Waals surface area contributed by atoms with Crippen molar-refractivity contribution in [3.8, 4) is 0 Å². The van der Waals surface area contributed by atoms with E-state index in [0.29, 0.717) is 17.2 Å². The molecule has 1 spiro atoms. The number of rotatable bonds is 2. The molecule has 2 fully saturated rings. The van der Waals surface area contributed by atoms with Crippen molar-refractivity contribution in [2.45, 2.75) is 59.8 Å². The fourth-order valence-electron chi connectivity index (χ4n) is 4.73. The van der Waals surface area contributed by atoms with Gasteiger partial charge in [0.1, 0.15) is 0 Å². The fourth-order valence-corrected chi connectivity index (χ4v) is 4.73. The Kier molecular flexibility index (Phi) is 3.99. The minimum atomic E-state index is 0.144. The number of hydrogen-bond acceptors (Lipinski definition) is 1. The lowest BCUT2D eigenvalue weighted by atomic mass is 9.71. The van der Waals surface area contributed by atoms with Crippen molar-refractivity contribution < 1.29 is 4.79 Å². The number of allylic oxidation sites excluding steroid dienone is 4. The summed E-state index contributed by atoms with van der Waals surface area (Å²) in [6.45, 7) is 10.7. The average Bonchev–Trinajstić information content (AvgIpc) is 2.99. The van der Waals surface area contributed by atoms with Gasteiger partial charge in [-0.1, -0.05) is 37.6 Å². The van der Waals surface area contributed by atoms with E-state index in [1.807, 2.05) is 0 Å². The average molecular weight is 301 g/mol. The zero-order valence-corrected chi connectivity index (χ0v) is 14.7. The minimum absolute atomic E-state index is 0.144. The lowest BCUT2D eigenvalue weighted by molar-refractivity contribution is -0.137. The minimum Gasteiger partial charge on any atom is -0.342 e. The molecule has 2 heteroatoms. The zero-order valence-electron chi connectivity index (χ0n) is 14.7. The lowest BCUT2D eigenvalue weighted by Gasteiger charge is -2.44. The molecule has 0 bridgehead atoms. The number of nitrogens with zero attached hydrogens (tertiary/aromatic N) is 1. The van der Waals surface area contributed by atoms with Crippen LogP contribution in [-0.4, -0.2) is 23.9 Å². The van der Waals surface area contributed by atoms with Crippen molar-refractivity contribution in [2.24, 2.45) is 22.7 Å². The third-order valence-electron chi connectivity index (χ3n) is 6.22. The monoisotopic (exact) mass is 301 g/mol. The molecule has 0 unspecified atom stereocenters. The van der Waals surface area contributed by atoms with Crippen LogP contribution in [0.15, 0.2) is 23.8 Å². The SMILES string of the molecule is CC(C)=C[C@@H]1[C@@H](C(=O)N2CCC[C@@]3(CC=CCC3)C2)C1(C)C. The maximum atomic E-state index is 13.1. The number of hydrogen-bond donors (Lipinski definition) is 0. The van der Waals surface area contributed by atoms with E-state index in [-0.39, 0.29) is 11.3 Å². The van der Waals surface area contributed by atoms with Gasteiger partial charge in [0.2, 0.25) is 5.91 Å². The predicted octanol–water partition coefficient (Wildman–Crippen LogP) is 4.57. The fraction of sp³-hybridized carbons (Fsp3) is 0.750. The Morgan fingerprint density at radius 2 is 2.00 bits per heavy atom. The third-order valence-corrected chi connectivity index (χ3v) is 6.22. The molecular formula is C20H31NO. The molecule has 1 saturated carbocycles. The summed E-state index contributed by atoms with van der Waals surface area (Å²) in [5.41, 5.74) is 1.86. The van der Waals surface area contributed by atoms with Crippen molar-refractivity contribution in [2.75, 3.05) is 13.1 Å². The molecule has 0 aromatic heterocycles. The second-order valence-corrected chi connectivity index (χ2v) is 8.65. The van der Waals surface area contributed by atoms with Gasteiger partial charge in [-0.3, -0.25) is 4.79 Å². The summed E-state index contributed by atoms with van der Waals surface area (Å²) in [4.78, 5) is 15.3. The van der Waals surface area contributed by atoms with Crippen LogP contribution >= 0.6 is 0 Å². The Bertz CT molecular complexity index is 512. The van der Waals surface area contributed by atoms with E-state index in [9.17, 15) is 4.79 Å². The number of likely N-dealkylation sites (tertiary alicyclic amines) is 1. The van der Waals surface area contributed by atoms with E-state index >= 15 is 0 Å². The van der Waals surface area contributed by atoms with E-state index < -0.39 is 0 Å². The highest BCUT2D eigenvalue weighted by molar-refractivity contribution is 5.84. The van der Waals surface area contributed by atoms with Crippen LogP contribution in [0, 0.1) is 22.7 Å². The Balaban J connectivity index is 1.70. The third kappa shape index (κ3) is 2.77. The van der Waals surface area contributed by atoms with Gasteiger partial charge in [-0.25, -0.2) is 0 Å². The molecule has 0 aromatic rings. The normalized spacial score (nSPS) is 36.3. The zero-order chi connectivity index (χ0) is 16.0. The van der Waals surface area contributed by atoms with E-state index in [2.05, 4.69) is 50.8 Å². The molecule has 0 N–H and O–H groups in total. The quantitative estimate of drug-likeness (QED) is 0.684. The summed E-state index contributed by atoms with van der Waals surface area (Å²) in [6, 6.07) is 0. The highest BCUT2D eigenvalue weighted by Gasteiger charge is 2.61. The first-order chi connectivity index (χ1) is 10.4. The van der Waals surface area contributed by atoms with Gasteiger partial charge in [-0.2, -0.15) is 0 Å². The van der Waals surface area contributed by atoms with Gasteiger partial charge in [-0.05, 0) is 62.7 Å². The summed E-state index contributed by atoms with van der Waals surface area (Å²) in [6.07, 6.45) is 13.1. The topological polar surface area (TPSA) is 20.3 Å². The van der Waals surface area contributed by atoms with Gasteiger partial charge in [0.05, 0.1) is 5.92 Å². The Labute approximate surface area is 135 Å². The molecule has 3 aliphatic rings. The van der Waals surface area contributed by atoms with Crippen molar-refractivity contribution in [3.63, 3.8) is 0 Å². The van der Waals surface area contributed by atoms with Crippen LogP contribution in [-0.2, 0) is 4.79 Å². The van der Waals surface area contributed by atoms with Crippen molar-refractivity contribution in [3.05, 3.63) is 23.8 Å². The molecule has 1 aliphatic heterocycles. The summed E-state index contributed by atoms with van der Waals surface area (Å²) >= 11 is 0. The second-order valence-electron chi connectivity index (χ2n) is 8.65. The number of carbonyl (C=O) groups is 1. The van der Waals surface area contributed by atoms with Gasteiger partial charge in [0, 0.05) is 13.1 Å². The summed E-state index contributed by atoms with van der Waals surface area (Å²) < 4.78 is 0. The largest absolute Gasteiger partial charge is 0.342 e. The first-order valence-electron chi connectivity index (χ1n) is 8.95. The lowest BCUT2D eigenvalue weighted by Crippen LogP contribution is -2.47. The molecule has 2 aliphatic carbocycles. The van der Waals surface area contributed by atoms with Crippen molar-refractivity contribution in [1.82, 2.24) is 4.90 Å². The first kappa shape index (κ1) is 15.8. The van der Waals surface area contributed by atoms with E-state index in [4.69, 9.17) is 0 Å². The molecule has 0 aromatic carbocycles. The van der Waals surface area contributed by atoms with Crippen LogP contribution in [0.2, 0.25) is 0 Å². The standard InChI is InChI=1S/C20H31NO/c1-15(2)13-16-17(19(16,3)4)18(22)21-12-8-11-20(14-21)9-6-5-7-10-20/h5-6,13,16-17H,7-12,14H2,1-4H3/t16-,17+,20+/m1/s1. The smallest absolute Gasteiger partial charge is 0.226 e. The van der Waals surface area contributed by atoms with E-state index in [0.717, 1.165) is 13.1 Å². The van der Waals surface area contributed by atoms with Crippen molar-refractivity contribution in [1.29, 1.82) is 0 Å². The maximum Gasteiger partial charge on any atom is 0.226 e. The van der Waals surface area contributed by atoms with Crippen LogP contribution in [0.3, 0.4) is 0 Å². The van der Waals surface area contributed by atoms with Gasteiger partial charge in [-0.15, -0.1) is 0 Å². The molecule has 22 heavy (non-hydrogen) atoms. The number of piperidine rings is 1. The maximum absolute atomic E-state index is 13.1. The van der Waals surface area contributed by atoms with Crippen molar-refractivity contribution >= 4 is 5.91 Å². The summed E-state index contributed by atoms with van der Waals surface area (Å²) in [5, 5.41) is 0. The predicted molar refractivity (Wildman–Crippen MR) is 91.4 cm³/mol. The number of carbonyl (C=O) groups excluding carboxylic acids is 1.